The Bertz CT molecular complexity index is 1630. The van der Waals surface area contributed by atoms with Gasteiger partial charge in [-0.15, -0.1) is 0 Å². The molecular formula is C41H62N6O8. The molecule has 3 aliphatic rings. The summed E-state index contributed by atoms with van der Waals surface area (Å²) in [5.74, 6) is -4.18. The van der Waals surface area contributed by atoms with Crippen molar-refractivity contribution in [3.8, 4) is 0 Å². The van der Waals surface area contributed by atoms with Gasteiger partial charge in [0.05, 0.1) is 12.6 Å². The van der Waals surface area contributed by atoms with Gasteiger partial charge in [0, 0.05) is 20.6 Å². The van der Waals surface area contributed by atoms with Crippen LogP contribution in [0.3, 0.4) is 0 Å². The fourth-order valence-electron chi connectivity index (χ4n) is 8.11. The Morgan fingerprint density at radius 3 is 2.05 bits per heavy atom. The van der Waals surface area contributed by atoms with Crippen molar-refractivity contribution >= 4 is 41.4 Å². The minimum atomic E-state index is -1.20. The van der Waals surface area contributed by atoms with Crippen LogP contribution in [0.1, 0.15) is 92.7 Å². The van der Waals surface area contributed by atoms with E-state index in [1.165, 1.54) is 9.80 Å². The summed E-state index contributed by atoms with van der Waals surface area (Å²) in [5.41, 5.74) is 0.479. The number of benzene rings is 1. The summed E-state index contributed by atoms with van der Waals surface area (Å²) in [6, 6.07) is 3.91. The highest BCUT2D eigenvalue weighted by molar-refractivity contribution is 6.38. The van der Waals surface area contributed by atoms with E-state index >= 15 is 0 Å². The summed E-state index contributed by atoms with van der Waals surface area (Å²) in [4.78, 5) is 97.3. The molecule has 1 aromatic carbocycles. The van der Waals surface area contributed by atoms with Gasteiger partial charge in [-0.25, -0.2) is 4.79 Å². The zero-order valence-corrected chi connectivity index (χ0v) is 34.5. The summed E-state index contributed by atoms with van der Waals surface area (Å²) < 4.78 is 5.44. The van der Waals surface area contributed by atoms with Crippen LogP contribution in [0.4, 0.5) is 4.79 Å². The molecule has 55 heavy (non-hydrogen) atoms. The molecule has 0 spiro atoms. The number of amides is 6. The lowest BCUT2D eigenvalue weighted by molar-refractivity contribution is -0.145. The van der Waals surface area contributed by atoms with Crippen molar-refractivity contribution in [1.29, 1.82) is 0 Å². The maximum absolute atomic E-state index is 14.2. The zero-order chi connectivity index (χ0) is 41.2. The third-order valence-electron chi connectivity index (χ3n) is 11.2. The van der Waals surface area contributed by atoms with Crippen LogP contribution in [0.2, 0.25) is 0 Å². The number of unbranched alkanes of at least 4 members (excludes halogenated alkanes) is 1. The van der Waals surface area contributed by atoms with E-state index in [4.69, 9.17) is 4.74 Å². The first kappa shape index (κ1) is 43.2. The van der Waals surface area contributed by atoms with Crippen molar-refractivity contribution in [1.82, 2.24) is 31.1 Å². The van der Waals surface area contributed by atoms with Crippen molar-refractivity contribution in [3.05, 3.63) is 35.4 Å². The first-order valence-corrected chi connectivity index (χ1v) is 19.5. The van der Waals surface area contributed by atoms with Gasteiger partial charge in [-0.1, -0.05) is 78.6 Å². The van der Waals surface area contributed by atoms with Crippen LogP contribution in [0.15, 0.2) is 24.3 Å². The molecule has 2 fully saturated rings. The molecule has 1 aromatic rings. The molecule has 14 heteroatoms. The molecule has 1 heterocycles. The van der Waals surface area contributed by atoms with Gasteiger partial charge in [0.2, 0.25) is 29.4 Å². The summed E-state index contributed by atoms with van der Waals surface area (Å²) in [7, 11) is 3.23. The Balaban J connectivity index is 1.44. The number of Topliss-reactive ketones (excluding diaryl/α,β-unsaturated/α-hetero) is 1. The molecule has 0 bridgehead atoms. The van der Waals surface area contributed by atoms with Crippen LogP contribution in [0, 0.1) is 28.6 Å². The molecular weight excluding hydrogens is 704 g/mol. The second-order valence-corrected chi connectivity index (χ2v) is 18.3. The number of ketones is 1. The standard InChI is InChI=1S/C41H62N6O8/c1-12-13-18-27(32(49)35(51)42-21-28(48)44-30(36(52)46(10)11)25-19-23-16-14-15-17-24(23)20-25)43-34(50)31-29-26(41(29,8)9)22-47(31)37(53)33(39(2,3)4)45-38(54)55-40(5,6)7/h14-17,25-27,29-31,33H,12-13,18-22H2,1-11H3,(H,42,51)(H,43,50)(H,44,48)(H,45,54)/t26-,27?,29-,30+,31+,33-/m1/s1. The minimum absolute atomic E-state index is 0.0301. The fraction of sp³-hybridized carbons (Fsp3) is 0.683. The number of fused-ring (bicyclic) bond motifs is 2. The van der Waals surface area contributed by atoms with E-state index in [0.29, 0.717) is 32.2 Å². The highest BCUT2D eigenvalue weighted by Gasteiger charge is 2.70. The number of nitrogens with one attached hydrogen (secondary N) is 4. The number of piperidine rings is 1. The molecule has 6 atom stereocenters. The Hall–Kier alpha value is -4.49. The van der Waals surface area contributed by atoms with Crippen LogP contribution >= 0.6 is 0 Å². The molecule has 4 rings (SSSR count). The maximum Gasteiger partial charge on any atom is 0.408 e. The van der Waals surface area contributed by atoms with Crippen molar-refractivity contribution in [3.63, 3.8) is 0 Å². The quantitative estimate of drug-likeness (QED) is 0.209. The first-order chi connectivity index (χ1) is 25.5. The minimum Gasteiger partial charge on any atom is -0.444 e. The monoisotopic (exact) mass is 766 g/mol. The van der Waals surface area contributed by atoms with Gasteiger partial charge < -0.3 is 35.8 Å². The summed E-state index contributed by atoms with van der Waals surface area (Å²) in [5, 5.41) is 10.7. The maximum atomic E-state index is 14.2. The van der Waals surface area contributed by atoms with Crippen molar-refractivity contribution in [2.24, 2.45) is 28.6 Å². The van der Waals surface area contributed by atoms with E-state index in [9.17, 15) is 33.6 Å². The molecule has 1 saturated heterocycles. The van der Waals surface area contributed by atoms with E-state index in [0.717, 1.165) is 11.1 Å². The number of hydrogen-bond acceptors (Lipinski definition) is 8. The Morgan fingerprint density at radius 2 is 1.53 bits per heavy atom. The Labute approximate surface area is 325 Å². The molecule has 0 radical (unpaired) electrons. The van der Waals surface area contributed by atoms with E-state index in [-0.39, 0.29) is 35.5 Å². The summed E-state index contributed by atoms with van der Waals surface area (Å²) in [6.45, 7) is 16.4. The van der Waals surface area contributed by atoms with Gasteiger partial charge in [0.1, 0.15) is 23.7 Å². The van der Waals surface area contributed by atoms with E-state index in [1.54, 1.807) is 34.9 Å². The predicted octanol–water partition coefficient (Wildman–Crippen LogP) is 2.76. The number of likely N-dealkylation sites (N-methyl/N-ethyl adjacent to an activating group) is 1. The third-order valence-corrected chi connectivity index (χ3v) is 11.2. The average molecular weight is 767 g/mol. The number of alkyl carbamates (subject to hydrolysis) is 1. The highest BCUT2D eigenvalue weighted by atomic mass is 16.6. The predicted molar refractivity (Wildman–Crippen MR) is 206 cm³/mol. The number of carbonyl (C=O) groups is 7. The van der Waals surface area contributed by atoms with Gasteiger partial charge in [0.25, 0.3) is 5.91 Å². The van der Waals surface area contributed by atoms with Crippen LogP contribution in [0.5, 0.6) is 0 Å². The molecule has 2 aliphatic carbocycles. The topological polar surface area (TPSA) is 183 Å². The van der Waals surface area contributed by atoms with Crippen LogP contribution in [-0.2, 0) is 46.3 Å². The Morgan fingerprint density at radius 1 is 0.927 bits per heavy atom. The molecule has 1 saturated carbocycles. The highest BCUT2D eigenvalue weighted by Crippen LogP contribution is 2.65. The average Bonchev–Trinajstić information content (AvgIpc) is 3.44. The number of carbonyl (C=O) groups excluding carboxylic acids is 7. The van der Waals surface area contributed by atoms with E-state index in [2.05, 4.69) is 21.3 Å². The molecule has 14 nitrogen and oxygen atoms in total. The molecule has 1 aliphatic heterocycles. The van der Waals surface area contributed by atoms with E-state index < -0.39 is 77.2 Å². The van der Waals surface area contributed by atoms with Gasteiger partial charge >= 0.3 is 6.09 Å². The van der Waals surface area contributed by atoms with Gasteiger partial charge in [-0.05, 0) is 79.7 Å². The third kappa shape index (κ3) is 10.2. The van der Waals surface area contributed by atoms with E-state index in [1.807, 2.05) is 65.8 Å². The molecule has 6 amide bonds. The zero-order valence-electron chi connectivity index (χ0n) is 34.5. The largest absolute Gasteiger partial charge is 0.444 e. The fourth-order valence-corrected chi connectivity index (χ4v) is 8.11. The van der Waals surface area contributed by atoms with Gasteiger partial charge in [-0.2, -0.15) is 0 Å². The normalized spacial score (nSPS) is 21.6. The van der Waals surface area contributed by atoms with Crippen LogP contribution in [0.25, 0.3) is 0 Å². The number of ether oxygens (including phenoxy) is 1. The smallest absolute Gasteiger partial charge is 0.408 e. The summed E-state index contributed by atoms with van der Waals surface area (Å²) in [6.07, 6.45) is 1.87. The SMILES string of the molecule is CCCCC(NC(=O)[C@@H]1[C@H]2[C@@H](CN1C(=O)[C@@H](NC(=O)OC(C)(C)C)C(C)(C)C)C2(C)C)C(=O)C(=O)NCC(=O)N[C@H](C(=O)N(C)C)C1Cc2ccccc2C1. The molecule has 0 aromatic heterocycles. The van der Waals surface area contributed by atoms with Crippen LogP contribution in [-0.4, -0.2) is 108 Å². The van der Waals surface area contributed by atoms with Crippen LogP contribution < -0.4 is 21.3 Å². The molecule has 304 valence electrons. The van der Waals surface area contributed by atoms with Gasteiger partial charge in [-0.3, -0.25) is 28.8 Å². The lowest BCUT2D eigenvalue weighted by atomic mass is 9.85. The number of nitrogens with zero attached hydrogens (tertiary/aromatic N) is 2. The number of hydrogen-bond donors (Lipinski definition) is 4. The van der Waals surface area contributed by atoms with Crippen molar-refractivity contribution < 1.29 is 38.3 Å². The lowest BCUT2D eigenvalue weighted by Crippen LogP contribution is -2.61. The Kier molecular flexibility index (Phi) is 13.1. The van der Waals surface area contributed by atoms with Crippen molar-refractivity contribution in [2.75, 3.05) is 27.2 Å². The number of rotatable bonds is 14. The van der Waals surface area contributed by atoms with Crippen molar-refractivity contribution in [2.45, 2.75) is 124 Å². The second-order valence-electron chi connectivity index (χ2n) is 18.3. The lowest BCUT2D eigenvalue weighted by Gasteiger charge is -2.38. The first-order valence-electron chi connectivity index (χ1n) is 19.5. The van der Waals surface area contributed by atoms with Gasteiger partial charge in [0.15, 0.2) is 0 Å². The molecule has 1 unspecified atom stereocenters. The molecule has 4 N–H and O–H groups in total. The second kappa shape index (κ2) is 16.7. The summed E-state index contributed by atoms with van der Waals surface area (Å²) >= 11 is 0. The number of likely N-dealkylation sites (tertiary alicyclic amines) is 1.